The Balaban J connectivity index is 2.16. The van der Waals surface area contributed by atoms with Gasteiger partial charge in [-0.25, -0.2) is 0 Å². The van der Waals surface area contributed by atoms with Crippen LogP contribution in [0.5, 0.6) is 0 Å². The van der Waals surface area contributed by atoms with Gasteiger partial charge in [-0.15, -0.1) is 11.8 Å². The van der Waals surface area contributed by atoms with E-state index in [0.717, 1.165) is 23.5 Å². The predicted molar refractivity (Wildman–Crippen MR) is 57.6 cm³/mol. The lowest BCUT2D eigenvalue weighted by molar-refractivity contribution is 0.101. The molecule has 1 fully saturated rings. The monoisotopic (exact) mass is 208 g/mol. The van der Waals surface area contributed by atoms with Gasteiger partial charge in [0.05, 0.1) is 6.61 Å². The van der Waals surface area contributed by atoms with Crippen molar-refractivity contribution in [2.24, 2.45) is 0 Å². The summed E-state index contributed by atoms with van der Waals surface area (Å²) in [5.74, 6) is 1.16. The van der Waals surface area contributed by atoms with Crippen molar-refractivity contribution in [3.05, 3.63) is 35.4 Å². The first-order chi connectivity index (χ1) is 6.77. The summed E-state index contributed by atoms with van der Waals surface area (Å²) in [5.41, 5.74) is 2.07. The van der Waals surface area contributed by atoms with E-state index in [-0.39, 0.29) is 11.2 Å². The van der Waals surface area contributed by atoms with Gasteiger partial charge < -0.3 is 4.74 Å². The topological polar surface area (TPSA) is 26.3 Å². The Labute approximate surface area is 87.6 Å². The van der Waals surface area contributed by atoms with Crippen molar-refractivity contribution in [2.45, 2.75) is 12.4 Å². The normalized spacial score (nSPS) is 21.1. The quantitative estimate of drug-likeness (QED) is 0.699. The molecule has 1 aliphatic rings. The number of rotatable bonds is 2. The van der Waals surface area contributed by atoms with Crippen LogP contribution in [0.2, 0.25) is 0 Å². The zero-order valence-corrected chi connectivity index (χ0v) is 8.84. The number of carbonyl (C=O) groups is 1. The first kappa shape index (κ1) is 9.74. The molecule has 0 aliphatic carbocycles. The zero-order chi connectivity index (χ0) is 9.97. The summed E-state index contributed by atoms with van der Waals surface area (Å²) >= 11 is 1.80. The fourth-order valence-corrected chi connectivity index (χ4v) is 2.37. The summed E-state index contributed by atoms with van der Waals surface area (Å²) in [6.07, 6.45) is 0. The largest absolute Gasteiger partial charge is 0.362 e. The lowest BCUT2D eigenvalue weighted by Crippen LogP contribution is -1.95. The SMILES string of the molecule is CC(=O)c1ccc(C2OCCS2)cc1. The number of hydrogen-bond acceptors (Lipinski definition) is 3. The maximum atomic E-state index is 11.0. The van der Waals surface area contributed by atoms with Crippen molar-refractivity contribution in [3.63, 3.8) is 0 Å². The number of Topliss-reactive ketones (excluding diaryl/α,β-unsaturated/α-hetero) is 1. The first-order valence-corrected chi connectivity index (χ1v) is 5.66. The molecule has 0 bridgehead atoms. The molecule has 1 saturated heterocycles. The Morgan fingerprint density at radius 3 is 2.64 bits per heavy atom. The minimum absolute atomic E-state index is 0.108. The summed E-state index contributed by atoms with van der Waals surface area (Å²) in [4.78, 5) is 11.0. The zero-order valence-electron chi connectivity index (χ0n) is 8.03. The van der Waals surface area contributed by atoms with E-state index in [9.17, 15) is 4.79 Å². The van der Waals surface area contributed by atoms with E-state index < -0.39 is 0 Å². The maximum absolute atomic E-state index is 11.0. The Morgan fingerprint density at radius 2 is 2.14 bits per heavy atom. The van der Waals surface area contributed by atoms with Gasteiger partial charge in [-0.1, -0.05) is 24.3 Å². The summed E-state index contributed by atoms with van der Waals surface area (Å²) in [5, 5.41) is 0. The molecule has 0 radical (unpaired) electrons. The number of benzene rings is 1. The summed E-state index contributed by atoms with van der Waals surface area (Å²) < 4.78 is 5.52. The highest BCUT2D eigenvalue weighted by atomic mass is 32.2. The van der Waals surface area contributed by atoms with Gasteiger partial charge in [-0.05, 0) is 12.5 Å². The van der Waals surface area contributed by atoms with E-state index in [1.54, 1.807) is 18.7 Å². The first-order valence-electron chi connectivity index (χ1n) is 4.61. The third kappa shape index (κ3) is 1.99. The highest BCUT2D eigenvalue weighted by Crippen LogP contribution is 2.34. The van der Waals surface area contributed by atoms with E-state index in [1.165, 1.54) is 0 Å². The number of ketones is 1. The second kappa shape index (κ2) is 4.15. The Hall–Kier alpha value is -0.800. The van der Waals surface area contributed by atoms with E-state index >= 15 is 0 Å². The van der Waals surface area contributed by atoms with Crippen LogP contribution in [0.15, 0.2) is 24.3 Å². The van der Waals surface area contributed by atoms with Crippen LogP contribution in [0.3, 0.4) is 0 Å². The minimum Gasteiger partial charge on any atom is -0.362 e. The van der Waals surface area contributed by atoms with Crippen LogP contribution in [0.1, 0.15) is 28.3 Å². The van der Waals surface area contributed by atoms with Crippen LogP contribution >= 0.6 is 11.8 Å². The third-order valence-electron chi connectivity index (χ3n) is 2.21. The molecule has 2 rings (SSSR count). The Bertz CT molecular complexity index is 326. The van der Waals surface area contributed by atoms with E-state index in [2.05, 4.69) is 0 Å². The van der Waals surface area contributed by atoms with Gasteiger partial charge in [0.2, 0.25) is 0 Å². The van der Waals surface area contributed by atoms with Crippen LogP contribution in [-0.2, 0) is 4.74 Å². The molecule has 1 unspecified atom stereocenters. The lowest BCUT2D eigenvalue weighted by Gasteiger charge is -2.08. The second-order valence-corrected chi connectivity index (χ2v) is 4.42. The number of thioether (sulfide) groups is 1. The molecule has 0 amide bonds. The van der Waals surface area contributed by atoms with Crippen molar-refractivity contribution in [1.29, 1.82) is 0 Å². The van der Waals surface area contributed by atoms with E-state index in [4.69, 9.17) is 4.74 Å². The molecule has 74 valence electrons. The summed E-state index contributed by atoms with van der Waals surface area (Å²) in [6, 6.07) is 7.67. The highest BCUT2D eigenvalue weighted by Gasteiger charge is 2.17. The van der Waals surface area contributed by atoms with Crippen LogP contribution in [0, 0.1) is 0 Å². The number of hydrogen-bond donors (Lipinski definition) is 0. The van der Waals surface area contributed by atoms with Gasteiger partial charge in [0.1, 0.15) is 5.44 Å². The van der Waals surface area contributed by atoms with Gasteiger partial charge in [0.25, 0.3) is 0 Å². The molecule has 0 aromatic heterocycles. The number of carbonyl (C=O) groups excluding carboxylic acids is 1. The Morgan fingerprint density at radius 1 is 1.43 bits per heavy atom. The van der Waals surface area contributed by atoms with Crippen LogP contribution in [0.4, 0.5) is 0 Å². The van der Waals surface area contributed by atoms with Gasteiger partial charge in [0.15, 0.2) is 5.78 Å². The molecule has 1 aromatic rings. The Kier molecular flexibility index (Phi) is 2.89. The van der Waals surface area contributed by atoms with Crippen molar-refractivity contribution in [3.8, 4) is 0 Å². The van der Waals surface area contributed by atoms with E-state index in [0.29, 0.717) is 0 Å². The molecule has 14 heavy (non-hydrogen) atoms. The molecular formula is C11H12O2S. The number of ether oxygens (including phenoxy) is 1. The molecule has 1 aliphatic heterocycles. The fraction of sp³-hybridized carbons (Fsp3) is 0.364. The highest BCUT2D eigenvalue weighted by molar-refractivity contribution is 7.99. The molecule has 0 spiro atoms. The summed E-state index contributed by atoms with van der Waals surface area (Å²) in [7, 11) is 0. The van der Waals surface area contributed by atoms with Crippen molar-refractivity contribution in [1.82, 2.24) is 0 Å². The van der Waals surface area contributed by atoms with Gasteiger partial charge >= 0.3 is 0 Å². The predicted octanol–water partition coefficient (Wildman–Crippen LogP) is 2.65. The van der Waals surface area contributed by atoms with Crippen LogP contribution in [-0.4, -0.2) is 18.1 Å². The van der Waals surface area contributed by atoms with Gasteiger partial charge in [-0.2, -0.15) is 0 Å². The third-order valence-corrected chi connectivity index (χ3v) is 3.32. The second-order valence-electron chi connectivity index (χ2n) is 3.25. The molecule has 1 atom stereocenters. The lowest BCUT2D eigenvalue weighted by atomic mass is 10.1. The molecule has 1 aromatic carbocycles. The maximum Gasteiger partial charge on any atom is 0.159 e. The van der Waals surface area contributed by atoms with Crippen molar-refractivity contribution in [2.75, 3.05) is 12.4 Å². The standard InChI is InChI=1S/C11H12O2S/c1-8(12)9-2-4-10(5-3-9)11-13-6-7-14-11/h2-5,11H,6-7H2,1H3. The summed E-state index contributed by atoms with van der Waals surface area (Å²) in [6.45, 7) is 2.40. The average Bonchev–Trinajstić information content (AvgIpc) is 2.71. The van der Waals surface area contributed by atoms with Crippen LogP contribution < -0.4 is 0 Å². The van der Waals surface area contributed by atoms with Gasteiger partial charge in [-0.3, -0.25) is 4.79 Å². The molecular weight excluding hydrogens is 196 g/mol. The fourth-order valence-electron chi connectivity index (χ4n) is 1.43. The molecule has 0 saturated carbocycles. The van der Waals surface area contributed by atoms with E-state index in [1.807, 2.05) is 24.3 Å². The van der Waals surface area contributed by atoms with Crippen LogP contribution in [0.25, 0.3) is 0 Å². The molecule has 2 nitrogen and oxygen atoms in total. The molecule has 3 heteroatoms. The smallest absolute Gasteiger partial charge is 0.159 e. The molecule has 0 N–H and O–H groups in total. The van der Waals surface area contributed by atoms with Crippen molar-refractivity contribution < 1.29 is 9.53 Å². The minimum atomic E-state index is 0.108. The average molecular weight is 208 g/mol. The molecule has 1 heterocycles. The van der Waals surface area contributed by atoms with Gasteiger partial charge in [0, 0.05) is 11.3 Å². The van der Waals surface area contributed by atoms with Crippen molar-refractivity contribution >= 4 is 17.5 Å².